The molecule has 1 saturated carbocycles. The molecule has 1 aromatic rings. The third kappa shape index (κ3) is 5.05. The molecule has 1 unspecified atom stereocenters. The van der Waals surface area contributed by atoms with Crippen LogP contribution in [0.15, 0.2) is 24.3 Å². The van der Waals surface area contributed by atoms with Crippen LogP contribution in [-0.2, 0) is 4.79 Å². The van der Waals surface area contributed by atoms with Crippen molar-refractivity contribution in [2.45, 2.75) is 39.2 Å². The van der Waals surface area contributed by atoms with Crippen LogP contribution in [0.2, 0.25) is 0 Å². The van der Waals surface area contributed by atoms with Gasteiger partial charge in [0.15, 0.2) is 0 Å². The van der Waals surface area contributed by atoms with Crippen molar-refractivity contribution in [1.82, 2.24) is 4.90 Å². The quantitative estimate of drug-likeness (QED) is 0.758. The minimum atomic E-state index is -0.759. The molecule has 116 valence electrons. The molecular formula is C17H25NO3. The van der Waals surface area contributed by atoms with Gasteiger partial charge in [0.1, 0.15) is 5.75 Å². The van der Waals surface area contributed by atoms with Gasteiger partial charge < -0.3 is 9.84 Å². The first-order valence-corrected chi connectivity index (χ1v) is 7.78. The van der Waals surface area contributed by atoms with Crippen LogP contribution in [0, 0.1) is 5.92 Å². The van der Waals surface area contributed by atoms with Crippen molar-refractivity contribution in [3.63, 3.8) is 0 Å². The van der Waals surface area contributed by atoms with Crippen LogP contribution in [0.5, 0.6) is 5.75 Å². The Morgan fingerprint density at radius 3 is 2.57 bits per heavy atom. The van der Waals surface area contributed by atoms with Crippen LogP contribution in [0.1, 0.15) is 44.7 Å². The van der Waals surface area contributed by atoms with E-state index >= 15 is 0 Å². The third-order valence-corrected chi connectivity index (χ3v) is 3.91. The molecule has 0 saturated heterocycles. The van der Waals surface area contributed by atoms with Crippen LogP contribution in [0.4, 0.5) is 0 Å². The van der Waals surface area contributed by atoms with Gasteiger partial charge in [0, 0.05) is 12.6 Å². The number of aliphatic carboxylic acids is 1. The van der Waals surface area contributed by atoms with Gasteiger partial charge >= 0.3 is 5.97 Å². The minimum Gasteiger partial charge on any atom is -0.494 e. The number of hydrogen-bond acceptors (Lipinski definition) is 3. The van der Waals surface area contributed by atoms with Gasteiger partial charge in [-0.2, -0.15) is 0 Å². The predicted molar refractivity (Wildman–Crippen MR) is 82.6 cm³/mol. The molecule has 1 aromatic carbocycles. The first-order chi connectivity index (χ1) is 10.1. The summed E-state index contributed by atoms with van der Waals surface area (Å²) in [6, 6.07) is 8.13. The molecule has 1 N–H and O–H groups in total. The number of nitrogens with zero attached hydrogens (tertiary/aromatic N) is 1. The minimum absolute atomic E-state index is 0.103. The summed E-state index contributed by atoms with van der Waals surface area (Å²) >= 11 is 0. The molecule has 0 aliphatic heterocycles. The highest BCUT2D eigenvalue weighted by atomic mass is 16.5. The monoisotopic (exact) mass is 291 g/mol. The zero-order chi connectivity index (χ0) is 15.2. The Bertz CT molecular complexity index is 454. The van der Waals surface area contributed by atoms with Crippen LogP contribution in [-0.4, -0.2) is 35.7 Å². The van der Waals surface area contributed by atoms with Crippen molar-refractivity contribution in [3.8, 4) is 5.75 Å². The molecule has 1 aliphatic carbocycles. The number of benzene rings is 1. The lowest BCUT2D eigenvalue weighted by atomic mass is 10.1. The molecule has 0 amide bonds. The van der Waals surface area contributed by atoms with Gasteiger partial charge in [0.05, 0.1) is 13.2 Å². The van der Waals surface area contributed by atoms with E-state index in [4.69, 9.17) is 9.84 Å². The Morgan fingerprint density at radius 2 is 2.05 bits per heavy atom. The van der Waals surface area contributed by atoms with E-state index < -0.39 is 5.97 Å². The average molecular weight is 291 g/mol. The lowest BCUT2D eigenvalue weighted by Crippen LogP contribution is -2.34. The Kier molecular flexibility index (Phi) is 5.62. The molecule has 1 aliphatic rings. The maximum Gasteiger partial charge on any atom is 0.317 e. The van der Waals surface area contributed by atoms with E-state index in [1.165, 1.54) is 12.8 Å². The summed E-state index contributed by atoms with van der Waals surface area (Å²) in [7, 11) is 0. The molecule has 0 heterocycles. The first-order valence-electron chi connectivity index (χ1n) is 7.78. The topological polar surface area (TPSA) is 49.8 Å². The molecular weight excluding hydrogens is 266 g/mol. The third-order valence-electron chi connectivity index (χ3n) is 3.91. The molecule has 0 aromatic heterocycles. The molecule has 0 spiro atoms. The predicted octanol–water partition coefficient (Wildman–Crippen LogP) is 3.33. The highest BCUT2D eigenvalue weighted by Gasteiger charge is 2.28. The summed E-state index contributed by atoms with van der Waals surface area (Å²) in [5.41, 5.74) is 1.14. The van der Waals surface area contributed by atoms with E-state index in [0.29, 0.717) is 5.92 Å². The van der Waals surface area contributed by atoms with Gasteiger partial charge in [-0.1, -0.05) is 19.1 Å². The number of carbonyl (C=O) groups is 1. The fourth-order valence-electron chi connectivity index (χ4n) is 2.44. The lowest BCUT2D eigenvalue weighted by Gasteiger charge is -2.28. The van der Waals surface area contributed by atoms with Crippen molar-refractivity contribution in [2.75, 3.05) is 19.7 Å². The van der Waals surface area contributed by atoms with Crippen LogP contribution < -0.4 is 4.74 Å². The van der Waals surface area contributed by atoms with Gasteiger partial charge in [0.25, 0.3) is 0 Å². The van der Waals surface area contributed by atoms with E-state index in [2.05, 4.69) is 18.7 Å². The smallest absolute Gasteiger partial charge is 0.317 e. The van der Waals surface area contributed by atoms with E-state index in [0.717, 1.165) is 30.9 Å². The Hall–Kier alpha value is -1.55. The van der Waals surface area contributed by atoms with Crippen molar-refractivity contribution >= 4 is 5.97 Å². The van der Waals surface area contributed by atoms with Crippen molar-refractivity contribution in [3.05, 3.63) is 29.8 Å². The number of carboxylic acids is 1. The maximum absolute atomic E-state index is 11.1. The zero-order valence-corrected chi connectivity index (χ0v) is 12.9. The summed E-state index contributed by atoms with van der Waals surface area (Å²) in [6.45, 7) is 5.86. The summed E-state index contributed by atoms with van der Waals surface area (Å²) in [5.74, 6) is 0.795. The van der Waals surface area contributed by atoms with Crippen LogP contribution in [0.25, 0.3) is 0 Å². The maximum atomic E-state index is 11.1. The van der Waals surface area contributed by atoms with Gasteiger partial charge in [0.2, 0.25) is 0 Å². The summed E-state index contributed by atoms with van der Waals surface area (Å²) in [4.78, 5) is 13.1. The van der Waals surface area contributed by atoms with Gasteiger partial charge in [-0.3, -0.25) is 9.69 Å². The summed E-state index contributed by atoms with van der Waals surface area (Å²) < 4.78 is 5.58. The molecule has 1 atom stereocenters. The molecule has 4 heteroatoms. The average Bonchev–Trinajstić information content (AvgIpc) is 3.28. The SMILES string of the molecule is CCCOc1ccc(C(C)N(CC(=O)O)CC2CC2)cc1. The number of rotatable bonds is 9. The van der Waals surface area contributed by atoms with E-state index in [1.54, 1.807) is 0 Å². The second-order valence-electron chi connectivity index (χ2n) is 5.86. The first kappa shape index (κ1) is 15.8. The number of hydrogen-bond donors (Lipinski definition) is 1. The Labute approximate surface area is 126 Å². The molecule has 21 heavy (non-hydrogen) atoms. The van der Waals surface area contributed by atoms with Gasteiger partial charge in [-0.25, -0.2) is 0 Å². The van der Waals surface area contributed by atoms with Crippen molar-refractivity contribution < 1.29 is 14.6 Å². The molecule has 2 rings (SSSR count). The van der Waals surface area contributed by atoms with Crippen LogP contribution >= 0.6 is 0 Å². The molecule has 4 nitrogen and oxygen atoms in total. The van der Waals surface area contributed by atoms with Gasteiger partial charge in [-0.05, 0) is 49.8 Å². The molecule has 1 fully saturated rings. The normalized spacial score (nSPS) is 16.0. The van der Waals surface area contributed by atoms with Crippen LogP contribution in [0.3, 0.4) is 0 Å². The van der Waals surface area contributed by atoms with Crippen molar-refractivity contribution in [2.24, 2.45) is 5.92 Å². The number of ether oxygens (including phenoxy) is 1. The van der Waals surface area contributed by atoms with E-state index in [1.807, 2.05) is 24.3 Å². The second kappa shape index (κ2) is 7.46. The van der Waals surface area contributed by atoms with E-state index in [-0.39, 0.29) is 12.6 Å². The van der Waals surface area contributed by atoms with Crippen molar-refractivity contribution in [1.29, 1.82) is 0 Å². The largest absolute Gasteiger partial charge is 0.494 e. The summed E-state index contributed by atoms with van der Waals surface area (Å²) in [6.07, 6.45) is 3.45. The Balaban J connectivity index is 2.00. The zero-order valence-electron chi connectivity index (χ0n) is 12.9. The second-order valence-corrected chi connectivity index (χ2v) is 5.86. The molecule has 0 radical (unpaired) electrons. The standard InChI is InChI=1S/C17H25NO3/c1-3-10-21-16-8-6-15(7-9-16)13(2)18(12-17(19)20)11-14-4-5-14/h6-9,13-14H,3-5,10-12H2,1-2H3,(H,19,20). The summed E-state index contributed by atoms with van der Waals surface area (Å²) in [5, 5.41) is 9.09. The molecule has 0 bridgehead atoms. The highest BCUT2D eigenvalue weighted by molar-refractivity contribution is 5.69. The Morgan fingerprint density at radius 1 is 1.38 bits per heavy atom. The van der Waals surface area contributed by atoms with E-state index in [9.17, 15) is 4.79 Å². The number of carboxylic acid groups (broad SMARTS) is 1. The fraction of sp³-hybridized carbons (Fsp3) is 0.588. The highest BCUT2D eigenvalue weighted by Crippen LogP contribution is 2.33. The fourth-order valence-corrected chi connectivity index (χ4v) is 2.44. The van der Waals surface area contributed by atoms with Gasteiger partial charge in [-0.15, -0.1) is 0 Å². The lowest BCUT2D eigenvalue weighted by molar-refractivity contribution is -0.139.